The van der Waals surface area contributed by atoms with Crippen LogP contribution in [-0.4, -0.2) is 30.8 Å². The molecule has 1 aromatic rings. The summed E-state index contributed by atoms with van der Waals surface area (Å²) >= 11 is 0. The van der Waals surface area contributed by atoms with Crippen molar-refractivity contribution in [3.63, 3.8) is 0 Å². The van der Waals surface area contributed by atoms with Gasteiger partial charge in [-0.25, -0.2) is 0 Å². The third kappa shape index (κ3) is 5.91. The Balaban J connectivity index is 2.43. The second-order valence-corrected chi connectivity index (χ2v) is 3.68. The average Bonchev–Trinajstić information content (AvgIpc) is 2.32. The molecule has 0 aliphatic rings. The molecule has 2 N–H and O–H groups in total. The monoisotopic (exact) mass is 234 g/mol. The first-order chi connectivity index (χ1) is 8.22. The van der Waals surface area contributed by atoms with E-state index in [1.807, 2.05) is 19.9 Å². The number of aromatic nitrogens is 1. The van der Waals surface area contributed by atoms with Crippen LogP contribution in [0.3, 0.4) is 0 Å². The van der Waals surface area contributed by atoms with Gasteiger partial charge in [0.1, 0.15) is 12.4 Å². The van der Waals surface area contributed by atoms with E-state index in [4.69, 9.17) is 15.2 Å². The van der Waals surface area contributed by atoms with Crippen molar-refractivity contribution < 1.29 is 9.47 Å². The van der Waals surface area contributed by atoms with Gasteiger partial charge in [-0.05, 0) is 19.9 Å². The lowest BCUT2D eigenvalue weighted by atomic mass is 10.3. The third-order valence-electron chi connectivity index (χ3n) is 1.85. The number of nitrogens with zero attached hydrogens (tertiary/aromatic N) is 1. The van der Waals surface area contributed by atoms with Crippen LogP contribution >= 0.6 is 0 Å². The summed E-state index contributed by atoms with van der Waals surface area (Å²) in [5.74, 6) is 6.37. The molecule has 1 aromatic heterocycles. The van der Waals surface area contributed by atoms with Crippen molar-refractivity contribution in [2.45, 2.75) is 20.0 Å². The van der Waals surface area contributed by atoms with Gasteiger partial charge in [0.05, 0.1) is 25.5 Å². The molecule has 1 rings (SSSR count). The van der Waals surface area contributed by atoms with Crippen molar-refractivity contribution in [1.29, 1.82) is 0 Å². The maximum atomic E-state index is 5.49. The minimum atomic E-state index is 0.221. The zero-order valence-electron chi connectivity index (χ0n) is 10.3. The van der Waals surface area contributed by atoms with Crippen LogP contribution in [0.25, 0.3) is 0 Å². The molecule has 4 heteroatoms. The summed E-state index contributed by atoms with van der Waals surface area (Å²) in [7, 11) is 0. The van der Waals surface area contributed by atoms with Crippen LogP contribution in [0.1, 0.15) is 19.4 Å². The number of rotatable bonds is 5. The minimum absolute atomic E-state index is 0.221. The fourth-order valence-corrected chi connectivity index (χ4v) is 1.16. The van der Waals surface area contributed by atoms with E-state index in [9.17, 15) is 0 Å². The van der Waals surface area contributed by atoms with Crippen LogP contribution in [0.15, 0.2) is 18.5 Å². The molecule has 17 heavy (non-hydrogen) atoms. The number of nitrogens with two attached hydrogens (primary N) is 1. The Morgan fingerprint density at radius 1 is 1.35 bits per heavy atom. The molecule has 0 bridgehead atoms. The highest BCUT2D eigenvalue weighted by atomic mass is 16.5. The van der Waals surface area contributed by atoms with Gasteiger partial charge in [-0.2, -0.15) is 0 Å². The molecule has 0 aliphatic carbocycles. The summed E-state index contributed by atoms with van der Waals surface area (Å²) in [4.78, 5) is 4.04. The summed E-state index contributed by atoms with van der Waals surface area (Å²) in [5, 5.41) is 0. The number of pyridine rings is 1. The van der Waals surface area contributed by atoms with Crippen LogP contribution in [-0.2, 0) is 4.74 Å². The Morgan fingerprint density at radius 3 is 2.88 bits per heavy atom. The Morgan fingerprint density at radius 2 is 2.18 bits per heavy atom. The van der Waals surface area contributed by atoms with Crippen molar-refractivity contribution in [2.75, 3.05) is 19.8 Å². The van der Waals surface area contributed by atoms with Crippen LogP contribution in [0.2, 0.25) is 0 Å². The molecule has 0 atom stereocenters. The van der Waals surface area contributed by atoms with Crippen molar-refractivity contribution in [3.05, 3.63) is 24.0 Å². The predicted octanol–water partition coefficient (Wildman–Crippen LogP) is 1.20. The standard InChI is InChI=1S/C13H18N2O2/c1-11(2)16-6-7-17-13-8-12(4-3-5-14)9-15-10-13/h8-11H,5-7,14H2,1-2H3. The average molecular weight is 234 g/mol. The summed E-state index contributed by atoms with van der Waals surface area (Å²) < 4.78 is 10.9. The van der Waals surface area contributed by atoms with E-state index in [0.717, 1.165) is 5.56 Å². The second-order valence-electron chi connectivity index (χ2n) is 3.68. The van der Waals surface area contributed by atoms with Crippen LogP contribution in [0, 0.1) is 11.8 Å². The van der Waals surface area contributed by atoms with Crippen LogP contribution < -0.4 is 10.5 Å². The largest absolute Gasteiger partial charge is 0.490 e. The Bertz CT molecular complexity index is 394. The minimum Gasteiger partial charge on any atom is -0.490 e. The highest BCUT2D eigenvalue weighted by Gasteiger charge is 1.97. The van der Waals surface area contributed by atoms with Crippen LogP contribution in [0.5, 0.6) is 5.75 Å². The summed E-state index contributed by atoms with van der Waals surface area (Å²) in [6, 6.07) is 1.84. The van der Waals surface area contributed by atoms with Crippen molar-refractivity contribution >= 4 is 0 Å². The van der Waals surface area contributed by atoms with Gasteiger partial charge in [-0.15, -0.1) is 0 Å². The fraction of sp³-hybridized carbons (Fsp3) is 0.462. The van der Waals surface area contributed by atoms with Crippen molar-refractivity contribution in [1.82, 2.24) is 4.98 Å². The normalized spacial score (nSPS) is 9.88. The molecule has 4 nitrogen and oxygen atoms in total. The molecular formula is C13H18N2O2. The van der Waals surface area contributed by atoms with Gasteiger partial charge in [0.2, 0.25) is 0 Å². The highest BCUT2D eigenvalue weighted by Crippen LogP contribution is 2.10. The topological polar surface area (TPSA) is 57.4 Å². The first-order valence-corrected chi connectivity index (χ1v) is 5.60. The van der Waals surface area contributed by atoms with E-state index < -0.39 is 0 Å². The molecule has 0 aromatic carbocycles. The second kappa shape index (κ2) is 7.66. The number of hydrogen-bond acceptors (Lipinski definition) is 4. The first kappa shape index (κ1) is 13.5. The van der Waals surface area contributed by atoms with E-state index in [-0.39, 0.29) is 6.10 Å². The molecule has 92 valence electrons. The van der Waals surface area contributed by atoms with E-state index in [0.29, 0.717) is 25.5 Å². The van der Waals surface area contributed by atoms with E-state index in [1.165, 1.54) is 0 Å². The molecule has 0 aliphatic heterocycles. The third-order valence-corrected chi connectivity index (χ3v) is 1.85. The van der Waals surface area contributed by atoms with Crippen molar-refractivity contribution in [3.8, 4) is 17.6 Å². The molecular weight excluding hydrogens is 216 g/mol. The van der Waals surface area contributed by atoms with Gasteiger partial charge in [0, 0.05) is 11.8 Å². The lowest BCUT2D eigenvalue weighted by molar-refractivity contribution is 0.0552. The van der Waals surface area contributed by atoms with Crippen molar-refractivity contribution in [2.24, 2.45) is 5.73 Å². The molecule has 0 fully saturated rings. The van der Waals surface area contributed by atoms with Gasteiger partial charge in [-0.1, -0.05) is 11.8 Å². The Hall–Kier alpha value is -1.57. The van der Waals surface area contributed by atoms with Gasteiger partial charge in [0.15, 0.2) is 0 Å². The Kier molecular flexibility index (Phi) is 6.08. The Labute approximate surface area is 102 Å². The molecule has 0 unspecified atom stereocenters. The number of ether oxygens (including phenoxy) is 2. The molecule has 0 amide bonds. The highest BCUT2D eigenvalue weighted by molar-refractivity contribution is 5.36. The maximum Gasteiger partial charge on any atom is 0.138 e. The zero-order chi connectivity index (χ0) is 12.5. The van der Waals surface area contributed by atoms with E-state index >= 15 is 0 Å². The van der Waals surface area contributed by atoms with Gasteiger partial charge in [-0.3, -0.25) is 4.98 Å². The molecule has 0 radical (unpaired) electrons. The lowest BCUT2D eigenvalue weighted by Gasteiger charge is -2.08. The van der Waals surface area contributed by atoms with E-state index in [1.54, 1.807) is 12.4 Å². The summed E-state index contributed by atoms with van der Waals surface area (Å²) in [6.45, 7) is 5.40. The van der Waals surface area contributed by atoms with E-state index in [2.05, 4.69) is 16.8 Å². The van der Waals surface area contributed by atoms with Gasteiger partial charge >= 0.3 is 0 Å². The fourth-order valence-electron chi connectivity index (χ4n) is 1.16. The zero-order valence-corrected chi connectivity index (χ0v) is 10.3. The first-order valence-electron chi connectivity index (χ1n) is 5.60. The maximum absolute atomic E-state index is 5.49. The molecule has 0 saturated carbocycles. The quantitative estimate of drug-likeness (QED) is 0.614. The summed E-state index contributed by atoms with van der Waals surface area (Å²) in [6.07, 6.45) is 3.56. The van der Waals surface area contributed by atoms with Gasteiger partial charge < -0.3 is 15.2 Å². The molecule has 0 spiro atoms. The van der Waals surface area contributed by atoms with Gasteiger partial charge in [0.25, 0.3) is 0 Å². The summed E-state index contributed by atoms with van der Waals surface area (Å²) in [5.41, 5.74) is 6.10. The number of hydrogen-bond donors (Lipinski definition) is 1. The smallest absolute Gasteiger partial charge is 0.138 e. The molecule has 0 saturated heterocycles. The lowest BCUT2D eigenvalue weighted by Crippen LogP contribution is -2.11. The van der Waals surface area contributed by atoms with Crippen LogP contribution in [0.4, 0.5) is 0 Å². The predicted molar refractivity (Wildman–Crippen MR) is 66.8 cm³/mol. The molecule has 1 heterocycles. The SMILES string of the molecule is CC(C)OCCOc1cncc(C#CCN)c1.